The number of imide groups is 1. The molecule has 21 heavy (non-hydrogen) atoms. The van der Waals surface area contributed by atoms with E-state index in [-0.39, 0.29) is 18.0 Å². The van der Waals surface area contributed by atoms with Crippen molar-refractivity contribution in [1.29, 1.82) is 0 Å². The highest BCUT2D eigenvalue weighted by atomic mass is 16.2. The van der Waals surface area contributed by atoms with E-state index in [1.54, 1.807) is 20.2 Å². The van der Waals surface area contributed by atoms with Crippen LogP contribution in [0.5, 0.6) is 0 Å². The molecule has 0 bridgehead atoms. The van der Waals surface area contributed by atoms with Crippen molar-refractivity contribution in [2.24, 2.45) is 7.05 Å². The van der Waals surface area contributed by atoms with Crippen molar-refractivity contribution in [2.45, 2.75) is 18.9 Å². The van der Waals surface area contributed by atoms with Crippen LogP contribution in [0.15, 0.2) is 23.0 Å². The van der Waals surface area contributed by atoms with Gasteiger partial charge in [0, 0.05) is 20.5 Å². The number of fused-ring (bicyclic) bond motifs is 1. The zero-order valence-electron chi connectivity index (χ0n) is 11.8. The van der Waals surface area contributed by atoms with E-state index < -0.39 is 11.9 Å². The Bertz CT molecular complexity index is 802. The molecule has 0 radical (unpaired) electrons. The molecule has 0 aliphatic carbocycles. The third kappa shape index (κ3) is 1.93. The fourth-order valence-electron chi connectivity index (χ4n) is 2.87. The van der Waals surface area contributed by atoms with E-state index in [1.807, 2.05) is 12.1 Å². The molecule has 1 aromatic heterocycles. The Hall–Kier alpha value is -2.57. The Morgan fingerprint density at radius 3 is 2.71 bits per heavy atom. The molecule has 1 aliphatic rings. The maximum absolute atomic E-state index is 12.5. The molecule has 7 heteroatoms. The van der Waals surface area contributed by atoms with Crippen LogP contribution < -0.4 is 16.3 Å². The summed E-state index contributed by atoms with van der Waals surface area (Å²) in [7, 11) is 3.45. The lowest BCUT2D eigenvalue weighted by Gasteiger charge is -2.21. The summed E-state index contributed by atoms with van der Waals surface area (Å²) >= 11 is 0. The van der Waals surface area contributed by atoms with Crippen LogP contribution in [0.2, 0.25) is 0 Å². The van der Waals surface area contributed by atoms with Gasteiger partial charge in [0.15, 0.2) is 0 Å². The van der Waals surface area contributed by atoms with Crippen LogP contribution in [-0.2, 0) is 16.6 Å². The Morgan fingerprint density at radius 1 is 1.29 bits per heavy atom. The molecule has 1 aliphatic heterocycles. The average molecular weight is 288 g/mol. The van der Waals surface area contributed by atoms with E-state index in [9.17, 15) is 14.4 Å². The molecular formula is C14H16N4O3. The van der Waals surface area contributed by atoms with Crippen molar-refractivity contribution in [1.82, 2.24) is 14.5 Å². The van der Waals surface area contributed by atoms with Crippen molar-refractivity contribution in [3.63, 3.8) is 0 Å². The van der Waals surface area contributed by atoms with E-state index in [2.05, 4.69) is 10.6 Å². The predicted octanol–water partition coefficient (Wildman–Crippen LogP) is 0.359. The van der Waals surface area contributed by atoms with Crippen molar-refractivity contribution in [2.75, 3.05) is 12.4 Å². The van der Waals surface area contributed by atoms with Crippen LogP contribution in [0.4, 0.5) is 5.69 Å². The molecule has 0 saturated carbocycles. The number of aromatic nitrogens is 2. The maximum Gasteiger partial charge on any atom is 0.329 e. The summed E-state index contributed by atoms with van der Waals surface area (Å²) in [4.78, 5) is 35.8. The van der Waals surface area contributed by atoms with Crippen LogP contribution in [-0.4, -0.2) is 28.0 Å². The fraction of sp³-hybridized carbons (Fsp3) is 0.357. The van der Waals surface area contributed by atoms with Crippen molar-refractivity contribution in [3.8, 4) is 0 Å². The topological polar surface area (TPSA) is 85.1 Å². The van der Waals surface area contributed by atoms with E-state index in [4.69, 9.17) is 0 Å². The molecule has 110 valence electrons. The highest BCUT2D eigenvalue weighted by Crippen LogP contribution is 2.26. The summed E-state index contributed by atoms with van der Waals surface area (Å²) < 4.78 is 2.99. The number of carbonyl (C=O) groups is 2. The van der Waals surface area contributed by atoms with E-state index >= 15 is 0 Å². The van der Waals surface area contributed by atoms with Crippen LogP contribution >= 0.6 is 0 Å². The van der Waals surface area contributed by atoms with Crippen LogP contribution in [0.25, 0.3) is 11.0 Å². The Labute approximate surface area is 120 Å². The number of amides is 2. The lowest BCUT2D eigenvalue weighted by atomic mass is 10.1. The number of benzene rings is 1. The van der Waals surface area contributed by atoms with Gasteiger partial charge in [-0.2, -0.15) is 0 Å². The summed E-state index contributed by atoms with van der Waals surface area (Å²) in [6.45, 7) is 0. The van der Waals surface area contributed by atoms with Gasteiger partial charge in [-0.05, 0) is 18.6 Å². The summed E-state index contributed by atoms with van der Waals surface area (Å²) in [6.07, 6.45) is 0.582. The summed E-state index contributed by atoms with van der Waals surface area (Å²) in [5.41, 5.74) is 1.99. The highest BCUT2D eigenvalue weighted by Gasteiger charge is 2.31. The minimum atomic E-state index is -0.647. The second-order valence-corrected chi connectivity index (χ2v) is 5.10. The number of anilines is 1. The maximum atomic E-state index is 12.5. The Kier molecular flexibility index (Phi) is 3.04. The number of piperidine rings is 1. The third-order valence-electron chi connectivity index (χ3n) is 3.89. The van der Waals surface area contributed by atoms with Crippen molar-refractivity contribution < 1.29 is 9.59 Å². The smallest absolute Gasteiger partial charge is 0.329 e. The number of rotatable bonds is 2. The van der Waals surface area contributed by atoms with Gasteiger partial charge in [0.1, 0.15) is 6.04 Å². The van der Waals surface area contributed by atoms with E-state index in [1.165, 1.54) is 9.13 Å². The first-order valence-electron chi connectivity index (χ1n) is 6.76. The first-order chi connectivity index (χ1) is 10.0. The molecule has 7 nitrogen and oxygen atoms in total. The molecule has 0 unspecified atom stereocenters. The zero-order chi connectivity index (χ0) is 15.1. The van der Waals surface area contributed by atoms with Crippen LogP contribution in [0.1, 0.15) is 18.9 Å². The quantitative estimate of drug-likeness (QED) is 0.781. The average Bonchev–Trinajstić information content (AvgIpc) is 2.72. The number of nitrogens with zero attached hydrogens (tertiary/aromatic N) is 2. The largest absolute Gasteiger partial charge is 0.386 e. The predicted molar refractivity (Wildman–Crippen MR) is 78.1 cm³/mol. The first-order valence-corrected chi connectivity index (χ1v) is 6.76. The van der Waals surface area contributed by atoms with Crippen molar-refractivity contribution in [3.05, 3.63) is 28.7 Å². The van der Waals surface area contributed by atoms with Crippen molar-refractivity contribution >= 4 is 28.5 Å². The second kappa shape index (κ2) is 4.76. The van der Waals surface area contributed by atoms with Gasteiger partial charge in [0.05, 0.1) is 16.7 Å². The second-order valence-electron chi connectivity index (χ2n) is 5.10. The molecule has 1 saturated heterocycles. The first kappa shape index (κ1) is 13.4. The SMILES string of the molecule is CNc1cccc2c1n(C)c(=O)n2[C@H]1CCC(=O)NC1=O. The number of imidazole rings is 1. The van der Waals surface area contributed by atoms with E-state index in [0.717, 1.165) is 11.2 Å². The number of aryl methyl sites for hydroxylation is 1. The molecule has 1 atom stereocenters. The number of hydrogen-bond donors (Lipinski definition) is 2. The molecule has 2 aromatic rings. The summed E-state index contributed by atoms with van der Waals surface area (Å²) in [5.74, 6) is -0.712. The number of carbonyl (C=O) groups excluding carboxylic acids is 2. The lowest BCUT2D eigenvalue weighted by Crippen LogP contribution is -2.44. The van der Waals surface area contributed by atoms with Gasteiger partial charge in [-0.3, -0.25) is 24.0 Å². The Morgan fingerprint density at radius 2 is 2.05 bits per heavy atom. The van der Waals surface area contributed by atoms with Gasteiger partial charge >= 0.3 is 5.69 Å². The monoisotopic (exact) mass is 288 g/mol. The van der Waals surface area contributed by atoms with Crippen LogP contribution in [0.3, 0.4) is 0 Å². The van der Waals surface area contributed by atoms with Gasteiger partial charge in [0.25, 0.3) is 0 Å². The van der Waals surface area contributed by atoms with Gasteiger partial charge in [-0.25, -0.2) is 4.79 Å². The molecule has 2 N–H and O–H groups in total. The number of nitrogens with one attached hydrogen (secondary N) is 2. The molecule has 0 spiro atoms. The highest BCUT2D eigenvalue weighted by molar-refractivity contribution is 6.00. The summed E-state index contributed by atoms with van der Waals surface area (Å²) in [6, 6.07) is 4.86. The van der Waals surface area contributed by atoms with Crippen LogP contribution in [0, 0.1) is 0 Å². The van der Waals surface area contributed by atoms with Gasteiger partial charge in [-0.15, -0.1) is 0 Å². The van der Waals surface area contributed by atoms with Gasteiger partial charge in [0.2, 0.25) is 11.8 Å². The Balaban J connectivity index is 2.24. The third-order valence-corrected chi connectivity index (χ3v) is 3.89. The van der Waals surface area contributed by atoms with Gasteiger partial charge < -0.3 is 5.32 Å². The fourth-order valence-corrected chi connectivity index (χ4v) is 2.87. The molecule has 1 aromatic carbocycles. The minimum absolute atomic E-state index is 0.241. The molecule has 1 fully saturated rings. The normalized spacial score (nSPS) is 18.9. The molecular weight excluding hydrogens is 272 g/mol. The molecule has 2 heterocycles. The van der Waals surface area contributed by atoms with Gasteiger partial charge in [-0.1, -0.05) is 6.07 Å². The summed E-state index contributed by atoms with van der Waals surface area (Å²) in [5, 5.41) is 5.34. The molecule has 3 rings (SSSR count). The zero-order valence-corrected chi connectivity index (χ0v) is 11.8. The number of hydrogen-bond acceptors (Lipinski definition) is 4. The molecule has 2 amide bonds. The van der Waals surface area contributed by atoms with E-state index in [0.29, 0.717) is 11.9 Å². The minimum Gasteiger partial charge on any atom is -0.386 e. The standard InChI is InChI=1S/C14H16N4O3/c1-15-8-4-3-5-9-12(8)17(2)14(21)18(9)10-6-7-11(19)16-13(10)20/h3-5,10,15H,6-7H2,1-2H3,(H,16,19,20)/t10-/m0/s1. The lowest BCUT2D eigenvalue weighted by molar-refractivity contribution is -0.135. The number of para-hydroxylation sites is 1.